The summed E-state index contributed by atoms with van der Waals surface area (Å²) in [6.07, 6.45) is 7.39. The number of aromatic carboxylic acids is 1. The van der Waals surface area contributed by atoms with E-state index >= 15 is 0 Å². The number of ether oxygens (including phenoxy) is 1. The molecule has 0 spiro atoms. The van der Waals surface area contributed by atoms with Crippen LogP contribution in [0.2, 0.25) is 0 Å². The largest absolute Gasteiger partial charge is 0.496 e. The van der Waals surface area contributed by atoms with Crippen LogP contribution in [0.4, 0.5) is 0 Å². The monoisotopic (exact) mass is 375 g/mol. The fourth-order valence-electron chi connectivity index (χ4n) is 4.21. The van der Waals surface area contributed by atoms with Crippen LogP contribution in [0.1, 0.15) is 58.9 Å². The Morgan fingerprint density at radius 3 is 2.86 bits per heavy atom. The van der Waals surface area contributed by atoms with Crippen LogP contribution in [0.15, 0.2) is 42.5 Å². The molecule has 0 atom stereocenters. The van der Waals surface area contributed by atoms with Crippen molar-refractivity contribution >= 4 is 22.4 Å². The summed E-state index contributed by atoms with van der Waals surface area (Å²) in [4.78, 5) is 14.9. The van der Waals surface area contributed by atoms with Crippen LogP contribution >= 0.6 is 0 Å². The van der Waals surface area contributed by atoms with Crippen molar-refractivity contribution in [3.8, 4) is 5.75 Å². The lowest BCUT2D eigenvalue weighted by Crippen LogP contribution is -2.05. The molecule has 1 heterocycles. The highest BCUT2D eigenvalue weighted by Crippen LogP contribution is 2.40. The van der Waals surface area contributed by atoms with E-state index in [0.717, 1.165) is 48.8 Å². The van der Waals surface area contributed by atoms with Crippen molar-refractivity contribution in [2.45, 2.75) is 39.0 Å². The first kappa shape index (κ1) is 18.4. The molecule has 1 aliphatic carbocycles. The molecule has 0 radical (unpaired) electrons. The molecule has 0 amide bonds. The van der Waals surface area contributed by atoms with E-state index in [1.807, 2.05) is 18.2 Å². The Hall–Kier alpha value is -3.01. The molecule has 4 nitrogen and oxygen atoms in total. The maximum atomic E-state index is 11.4. The van der Waals surface area contributed by atoms with E-state index in [0.29, 0.717) is 5.56 Å². The minimum atomic E-state index is -0.903. The lowest BCUT2D eigenvalue weighted by Gasteiger charge is -2.21. The van der Waals surface area contributed by atoms with Crippen LogP contribution in [0.3, 0.4) is 0 Å². The normalized spacial score (nSPS) is 13.3. The van der Waals surface area contributed by atoms with Crippen LogP contribution in [0.5, 0.6) is 5.75 Å². The van der Waals surface area contributed by atoms with E-state index in [9.17, 15) is 9.90 Å². The number of H-pyrrole nitrogens is 1. The Labute approximate surface area is 164 Å². The second kappa shape index (κ2) is 7.55. The number of nitrogens with one attached hydrogen (secondary N) is 1. The fourth-order valence-corrected chi connectivity index (χ4v) is 4.21. The topological polar surface area (TPSA) is 62.3 Å². The number of unbranched alkanes of at least 4 members (excludes halogenated alkanes) is 1. The van der Waals surface area contributed by atoms with Gasteiger partial charge in [0.2, 0.25) is 0 Å². The molecule has 0 unspecified atom stereocenters. The van der Waals surface area contributed by atoms with Crippen LogP contribution < -0.4 is 4.74 Å². The van der Waals surface area contributed by atoms with Gasteiger partial charge >= 0.3 is 5.97 Å². The molecule has 1 aromatic heterocycles. The van der Waals surface area contributed by atoms with Crippen molar-refractivity contribution in [3.05, 3.63) is 70.4 Å². The van der Waals surface area contributed by atoms with Crippen molar-refractivity contribution in [2.75, 3.05) is 7.11 Å². The predicted molar refractivity (Wildman–Crippen MR) is 112 cm³/mol. The summed E-state index contributed by atoms with van der Waals surface area (Å²) in [5.74, 6) is 0.0336. The smallest absolute Gasteiger partial charge is 0.335 e. The quantitative estimate of drug-likeness (QED) is 0.590. The van der Waals surface area contributed by atoms with Gasteiger partial charge in [0.1, 0.15) is 5.75 Å². The van der Waals surface area contributed by atoms with Crippen molar-refractivity contribution < 1.29 is 14.6 Å². The molecule has 0 saturated carbocycles. The zero-order chi connectivity index (χ0) is 19.7. The van der Waals surface area contributed by atoms with E-state index < -0.39 is 5.97 Å². The minimum Gasteiger partial charge on any atom is -0.496 e. The van der Waals surface area contributed by atoms with E-state index in [1.165, 1.54) is 28.0 Å². The number of methoxy groups -OCH3 is 1. The Morgan fingerprint density at radius 2 is 2.11 bits per heavy atom. The lowest BCUT2D eigenvalue weighted by atomic mass is 9.84. The van der Waals surface area contributed by atoms with Crippen molar-refractivity contribution in [3.63, 3.8) is 0 Å². The average molecular weight is 375 g/mol. The minimum absolute atomic E-state index is 0.307. The molecule has 28 heavy (non-hydrogen) atoms. The van der Waals surface area contributed by atoms with Crippen LogP contribution in [-0.2, 0) is 12.8 Å². The van der Waals surface area contributed by atoms with E-state index in [1.54, 1.807) is 19.2 Å². The second-order valence-electron chi connectivity index (χ2n) is 7.29. The predicted octanol–water partition coefficient (Wildman–Crippen LogP) is 5.60. The molecule has 0 saturated heterocycles. The fraction of sp³-hybridized carbons (Fsp3) is 0.292. The van der Waals surface area contributed by atoms with Crippen LogP contribution in [-0.4, -0.2) is 23.2 Å². The van der Waals surface area contributed by atoms with Crippen molar-refractivity contribution in [1.82, 2.24) is 4.98 Å². The first-order chi connectivity index (χ1) is 13.6. The van der Waals surface area contributed by atoms with Gasteiger partial charge in [-0.25, -0.2) is 4.79 Å². The summed E-state index contributed by atoms with van der Waals surface area (Å²) < 4.78 is 5.60. The van der Waals surface area contributed by atoms with Crippen LogP contribution in [0.25, 0.3) is 16.5 Å². The van der Waals surface area contributed by atoms with E-state index in [-0.39, 0.29) is 0 Å². The summed E-state index contributed by atoms with van der Waals surface area (Å²) in [7, 11) is 1.72. The number of aromatic amines is 1. The number of allylic oxidation sites excluding steroid dienone is 1. The van der Waals surface area contributed by atoms with Gasteiger partial charge in [0.15, 0.2) is 0 Å². The number of hydrogen-bond donors (Lipinski definition) is 2. The molecule has 4 rings (SSSR count). The number of aryl methyl sites for hydroxylation is 1. The average Bonchev–Trinajstić information content (AvgIpc) is 3.08. The number of carboxylic acid groups (broad SMARTS) is 1. The first-order valence-corrected chi connectivity index (χ1v) is 9.88. The third-order valence-corrected chi connectivity index (χ3v) is 5.56. The summed E-state index contributed by atoms with van der Waals surface area (Å²) in [6, 6.07) is 11.6. The molecule has 4 heteroatoms. The molecule has 2 N–H and O–H groups in total. The van der Waals surface area contributed by atoms with Crippen LogP contribution in [0, 0.1) is 0 Å². The first-order valence-electron chi connectivity index (χ1n) is 9.88. The van der Waals surface area contributed by atoms with Gasteiger partial charge in [-0.1, -0.05) is 37.6 Å². The maximum absolute atomic E-state index is 11.4. The second-order valence-corrected chi connectivity index (χ2v) is 7.29. The van der Waals surface area contributed by atoms with E-state index in [4.69, 9.17) is 4.74 Å². The third kappa shape index (κ3) is 3.09. The van der Waals surface area contributed by atoms with Gasteiger partial charge in [-0.05, 0) is 55.0 Å². The molecular formula is C24H25NO3. The summed E-state index contributed by atoms with van der Waals surface area (Å²) in [5.41, 5.74) is 7.27. The SMILES string of the molecule is CCCCc1[nH]c2cc(C(=O)O)ccc2c1C1=CCCc2c(OC)cccc21. The molecule has 0 aliphatic heterocycles. The van der Waals surface area contributed by atoms with Gasteiger partial charge < -0.3 is 14.8 Å². The molecular weight excluding hydrogens is 350 g/mol. The zero-order valence-corrected chi connectivity index (χ0v) is 16.3. The van der Waals surface area contributed by atoms with Gasteiger partial charge in [-0.15, -0.1) is 0 Å². The maximum Gasteiger partial charge on any atom is 0.335 e. The van der Waals surface area contributed by atoms with Gasteiger partial charge in [0, 0.05) is 27.7 Å². The van der Waals surface area contributed by atoms with Gasteiger partial charge in [0.05, 0.1) is 12.7 Å². The number of aromatic nitrogens is 1. The highest BCUT2D eigenvalue weighted by Gasteiger charge is 2.23. The Kier molecular flexibility index (Phi) is 4.95. The number of benzene rings is 2. The molecule has 0 fully saturated rings. The number of fused-ring (bicyclic) bond motifs is 2. The van der Waals surface area contributed by atoms with Gasteiger partial charge in [0.25, 0.3) is 0 Å². The number of carbonyl (C=O) groups is 1. The highest BCUT2D eigenvalue weighted by atomic mass is 16.5. The van der Waals surface area contributed by atoms with Gasteiger partial charge in [-0.3, -0.25) is 0 Å². The molecule has 0 bridgehead atoms. The van der Waals surface area contributed by atoms with E-state index in [2.05, 4.69) is 24.1 Å². The molecule has 144 valence electrons. The zero-order valence-electron chi connectivity index (χ0n) is 16.3. The highest BCUT2D eigenvalue weighted by molar-refractivity contribution is 6.02. The van der Waals surface area contributed by atoms with Crippen molar-refractivity contribution in [2.24, 2.45) is 0 Å². The van der Waals surface area contributed by atoms with Crippen molar-refractivity contribution in [1.29, 1.82) is 0 Å². The molecule has 2 aromatic carbocycles. The summed E-state index contributed by atoms with van der Waals surface area (Å²) >= 11 is 0. The third-order valence-electron chi connectivity index (χ3n) is 5.56. The Morgan fingerprint density at radius 1 is 1.25 bits per heavy atom. The Balaban J connectivity index is 1.93. The molecule has 3 aromatic rings. The number of hydrogen-bond acceptors (Lipinski definition) is 2. The Bertz CT molecular complexity index is 1070. The lowest BCUT2D eigenvalue weighted by molar-refractivity contribution is 0.0697. The number of rotatable bonds is 6. The standard InChI is InChI=1S/C24H25NO3/c1-3-4-10-20-23(19-13-12-15(24(26)27)14-21(19)25-20)18-9-5-8-17-16(18)7-6-11-22(17)28-2/h6-7,9,11-14,25H,3-5,8,10H2,1-2H3,(H,26,27). The molecule has 1 aliphatic rings. The number of carboxylic acids is 1. The van der Waals surface area contributed by atoms with Gasteiger partial charge in [-0.2, -0.15) is 0 Å². The summed E-state index contributed by atoms with van der Waals surface area (Å²) in [5, 5.41) is 10.4. The summed E-state index contributed by atoms with van der Waals surface area (Å²) in [6.45, 7) is 2.19.